The Morgan fingerprint density at radius 1 is 1.05 bits per heavy atom. The SMILES string of the molecule is CC.CC(C)(C)OC(=O)NCCOCCOCCOc1cc(C(F)(F)F)nc(NF)n1.OCC1OCCC(C2CCC2)C1O. The summed E-state index contributed by atoms with van der Waals surface area (Å²) in [5, 5.41) is 21.4. The predicted octanol–water partition coefficient (Wildman–Crippen LogP) is 4.30. The zero-order chi connectivity index (χ0) is 33.2. The number of alkyl carbamates (subject to hydrolysis) is 1. The van der Waals surface area contributed by atoms with Crippen molar-refractivity contribution in [2.45, 2.75) is 84.3 Å². The predicted molar refractivity (Wildman–Crippen MR) is 153 cm³/mol. The molecule has 1 aromatic heterocycles. The molecule has 2 fully saturated rings. The quantitative estimate of drug-likeness (QED) is 0.138. The summed E-state index contributed by atoms with van der Waals surface area (Å²) in [4.78, 5) is 17.8. The average Bonchev–Trinajstić information content (AvgIpc) is 2.94. The van der Waals surface area contributed by atoms with Crippen LogP contribution in [0.25, 0.3) is 0 Å². The number of halogens is 4. The Morgan fingerprint density at radius 3 is 2.23 bits per heavy atom. The first kappa shape index (κ1) is 39.5. The molecule has 1 saturated carbocycles. The minimum absolute atomic E-state index is 0.0449. The molecule has 3 unspecified atom stereocenters. The third kappa shape index (κ3) is 15.5. The molecular weight excluding hydrogens is 596 g/mol. The molecule has 1 aliphatic carbocycles. The van der Waals surface area contributed by atoms with Crippen molar-refractivity contribution < 1.29 is 56.3 Å². The molecule has 1 saturated heterocycles. The highest BCUT2D eigenvalue weighted by molar-refractivity contribution is 5.67. The number of hydrogen-bond acceptors (Lipinski definition) is 11. The monoisotopic (exact) mass is 644 g/mol. The van der Waals surface area contributed by atoms with E-state index < -0.39 is 41.5 Å². The van der Waals surface area contributed by atoms with E-state index in [9.17, 15) is 27.6 Å². The summed E-state index contributed by atoms with van der Waals surface area (Å²) >= 11 is 0. The fourth-order valence-electron chi connectivity index (χ4n) is 4.20. The topological polar surface area (TPSA) is 154 Å². The van der Waals surface area contributed by atoms with E-state index in [-0.39, 0.29) is 52.3 Å². The van der Waals surface area contributed by atoms with Gasteiger partial charge in [-0.1, -0.05) is 33.1 Å². The fraction of sp³-hybridized carbons (Fsp3) is 0.821. The number of ether oxygens (including phenoxy) is 5. The van der Waals surface area contributed by atoms with E-state index >= 15 is 0 Å². The molecule has 1 aliphatic heterocycles. The van der Waals surface area contributed by atoms with Crippen LogP contribution in [0.2, 0.25) is 0 Å². The second-order valence-corrected chi connectivity index (χ2v) is 10.7. The van der Waals surface area contributed by atoms with E-state index in [0.717, 1.165) is 12.0 Å². The molecule has 4 N–H and O–H groups in total. The zero-order valence-electron chi connectivity index (χ0n) is 26.1. The number of hydrogen-bond donors (Lipinski definition) is 4. The minimum atomic E-state index is -4.77. The van der Waals surface area contributed by atoms with Crippen LogP contribution in [0.5, 0.6) is 5.88 Å². The van der Waals surface area contributed by atoms with Crippen molar-refractivity contribution in [1.29, 1.82) is 0 Å². The van der Waals surface area contributed by atoms with Crippen molar-refractivity contribution in [3.63, 3.8) is 0 Å². The third-order valence-corrected chi connectivity index (χ3v) is 6.38. The summed E-state index contributed by atoms with van der Waals surface area (Å²) in [5.74, 6) is -0.239. The first-order chi connectivity index (χ1) is 20.8. The van der Waals surface area contributed by atoms with Gasteiger partial charge in [-0.25, -0.2) is 9.78 Å². The van der Waals surface area contributed by atoms with Crippen LogP contribution in [0.1, 0.15) is 66.0 Å². The lowest BCUT2D eigenvalue weighted by Crippen LogP contribution is -2.47. The zero-order valence-corrected chi connectivity index (χ0v) is 26.1. The average molecular weight is 645 g/mol. The van der Waals surface area contributed by atoms with E-state index in [0.29, 0.717) is 24.5 Å². The Morgan fingerprint density at radius 2 is 1.68 bits per heavy atom. The molecule has 2 aliphatic rings. The second kappa shape index (κ2) is 20.5. The van der Waals surface area contributed by atoms with Crippen LogP contribution < -0.4 is 15.6 Å². The lowest BCUT2D eigenvalue weighted by molar-refractivity contribution is -0.141. The number of alkyl halides is 3. The molecule has 0 bridgehead atoms. The highest BCUT2D eigenvalue weighted by Crippen LogP contribution is 2.39. The molecule has 0 spiro atoms. The van der Waals surface area contributed by atoms with Gasteiger partial charge in [-0.2, -0.15) is 23.7 Å². The van der Waals surface area contributed by atoms with Crippen molar-refractivity contribution >= 4 is 12.0 Å². The third-order valence-electron chi connectivity index (χ3n) is 6.38. The molecule has 0 aromatic carbocycles. The van der Waals surface area contributed by atoms with Crippen LogP contribution >= 0.6 is 0 Å². The first-order valence-electron chi connectivity index (χ1n) is 14.8. The normalized spacial score (nSPS) is 20.2. The van der Waals surface area contributed by atoms with Gasteiger partial charge in [-0.3, -0.25) is 0 Å². The standard InChI is InChI=1S/C16H24F4N4O5.C10H18O3.C2H6/c1-15(2,3)29-14(25)21-4-5-26-6-7-27-8-9-28-12-10-11(16(17,18)19)22-13(23-12)24-20;11-6-9-10(12)8(4-5-13-9)7-2-1-3-7;1-2/h10H,4-9H2,1-3H3,(H,21,25)(H,22,23,24);7-12H,1-6H2;1-2H3. The van der Waals surface area contributed by atoms with Gasteiger partial charge in [0.2, 0.25) is 5.88 Å². The molecule has 44 heavy (non-hydrogen) atoms. The van der Waals surface area contributed by atoms with Crippen molar-refractivity contribution in [2.75, 3.05) is 58.3 Å². The Bertz CT molecular complexity index is 936. The maximum Gasteiger partial charge on any atom is 0.433 e. The summed E-state index contributed by atoms with van der Waals surface area (Å²) in [7, 11) is 0. The first-order valence-corrected chi connectivity index (χ1v) is 14.8. The van der Waals surface area contributed by atoms with Gasteiger partial charge in [0.15, 0.2) is 5.69 Å². The van der Waals surface area contributed by atoms with Gasteiger partial charge in [-0.05, 0) is 39.0 Å². The number of nitrogens with zero attached hydrogens (tertiary/aromatic N) is 2. The summed E-state index contributed by atoms with van der Waals surface area (Å²) < 4.78 is 76.1. The van der Waals surface area contributed by atoms with E-state index in [2.05, 4.69) is 15.3 Å². The molecule has 16 heteroatoms. The van der Waals surface area contributed by atoms with Crippen molar-refractivity contribution in [1.82, 2.24) is 15.3 Å². The largest absolute Gasteiger partial charge is 0.475 e. The summed E-state index contributed by atoms with van der Waals surface area (Å²) in [6.45, 7) is 10.8. The summed E-state index contributed by atoms with van der Waals surface area (Å²) in [6.07, 6.45) is -1.32. The molecule has 256 valence electrons. The Balaban J connectivity index is 0.000000530. The summed E-state index contributed by atoms with van der Waals surface area (Å²) in [6, 6.07) is 0.557. The van der Waals surface area contributed by atoms with E-state index in [1.165, 1.54) is 19.3 Å². The Kier molecular flexibility index (Phi) is 18.4. The van der Waals surface area contributed by atoms with Gasteiger partial charge in [0.1, 0.15) is 18.3 Å². The maximum absolute atomic E-state index is 12.7. The maximum atomic E-state index is 12.7. The van der Waals surface area contributed by atoms with Gasteiger partial charge >= 0.3 is 12.3 Å². The van der Waals surface area contributed by atoms with Gasteiger partial charge in [-0.15, -0.1) is 4.48 Å². The minimum Gasteiger partial charge on any atom is -0.475 e. The Labute approximate surface area is 256 Å². The number of nitrogens with one attached hydrogen (secondary N) is 2. The number of rotatable bonds is 13. The van der Waals surface area contributed by atoms with Gasteiger partial charge < -0.3 is 39.2 Å². The molecule has 3 atom stereocenters. The highest BCUT2D eigenvalue weighted by Gasteiger charge is 2.39. The van der Waals surface area contributed by atoms with Gasteiger partial charge in [0.25, 0.3) is 5.95 Å². The molecular formula is C28H48F4N4O8. The molecule has 0 radical (unpaired) electrons. The lowest BCUT2D eigenvalue weighted by atomic mass is 9.70. The molecule has 12 nitrogen and oxygen atoms in total. The van der Waals surface area contributed by atoms with Crippen LogP contribution in [0, 0.1) is 11.8 Å². The smallest absolute Gasteiger partial charge is 0.433 e. The van der Waals surface area contributed by atoms with Crippen molar-refractivity contribution in [3.8, 4) is 5.88 Å². The van der Waals surface area contributed by atoms with E-state index in [4.69, 9.17) is 28.8 Å². The molecule has 1 amide bonds. The summed E-state index contributed by atoms with van der Waals surface area (Å²) in [5.41, 5.74) is -0.966. The number of anilines is 1. The van der Waals surface area contributed by atoms with E-state index in [1.54, 1.807) is 20.8 Å². The number of carbonyl (C=O) groups excluding carboxylic acids is 1. The number of aliphatic hydroxyl groups is 2. The van der Waals surface area contributed by atoms with Crippen molar-refractivity contribution in [3.05, 3.63) is 11.8 Å². The molecule has 3 rings (SSSR count). The van der Waals surface area contributed by atoms with Crippen LogP contribution in [0.3, 0.4) is 0 Å². The van der Waals surface area contributed by atoms with Crippen LogP contribution in [0.15, 0.2) is 6.07 Å². The van der Waals surface area contributed by atoms with E-state index in [1.807, 2.05) is 13.8 Å². The van der Waals surface area contributed by atoms with Gasteiger partial charge in [0.05, 0.1) is 39.1 Å². The number of amides is 1. The lowest BCUT2D eigenvalue weighted by Gasteiger charge is -2.42. The number of aliphatic hydroxyl groups excluding tert-OH is 2. The number of aromatic nitrogens is 2. The van der Waals surface area contributed by atoms with Crippen LogP contribution in [-0.2, 0) is 25.1 Å². The van der Waals surface area contributed by atoms with Gasteiger partial charge in [0, 0.05) is 19.2 Å². The van der Waals surface area contributed by atoms with Crippen molar-refractivity contribution in [2.24, 2.45) is 11.8 Å². The van der Waals surface area contributed by atoms with Crippen LogP contribution in [0.4, 0.5) is 28.4 Å². The second-order valence-electron chi connectivity index (χ2n) is 10.7. The fourth-order valence-corrected chi connectivity index (χ4v) is 4.20. The van der Waals surface area contributed by atoms with Crippen LogP contribution in [-0.4, -0.2) is 96.9 Å². The highest BCUT2D eigenvalue weighted by atomic mass is 19.4. The molecule has 2 heterocycles. The Hall–Kier alpha value is -2.53. The molecule has 1 aromatic rings. The number of carbonyl (C=O) groups is 1.